The minimum absolute atomic E-state index is 0.0365. The molecular weight excluding hydrogens is 370 g/mol. The van der Waals surface area contributed by atoms with Gasteiger partial charge in [-0.05, 0) is 62.6 Å². The van der Waals surface area contributed by atoms with Gasteiger partial charge in [0, 0.05) is 29.5 Å². The van der Waals surface area contributed by atoms with Crippen molar-refractivity contribution >= 4 is 23.2 Å². The zero-order valence-electron chi connectivity index (χ0n) is 17.0. The first-order valence-corrected chi connectivity index (χ1v) is 9.70. The Morgan fingerprint density at radius 3 is 2.72 bits per heavy atom. The summed E-state index contributed by atoms with van der Waals surface area (Å²) in [5.74, 6) is 0.466. The summed E-state index contributed by atoms with van der Waals surface area (Å²) in [5.41, 5.74) is 9.14. The van der Waals surface area contributed by atoms with E-state index in [1.807, 2.05) is 32.0 Å². The Bertz CT molecular complexity index is 911. The second-order valence-electron chi connectivity index (χ2n) is 7.28. The maximum absolute atomic E-state index is 13.2. The number of fused-ring (bicyclic) bond motifs is 1. The molecule has 154 valence electrons. The van der Waals surface area contributed by atoms with E-state index in [0.29, 0.717) is 29.3 Å². The Labute approximate surface area is 170 Å². The molecule has 0 bridgehead atoms. The van der Waals surface area contributed by atoms with Crippen molar-refractivity contribution < 1.29 is 19.1 Å². The highest BCUT2D eigenvalue weighted by Crippen LogP contribution is 2.34. The predicted molar refractivity (Wildman–Crippen MR) is 113 cm³/mol. The summed E-state index contributed by atoms with van der Waals surface area (Å²) in [5, 5.41) is 2.76. The number of nitrogens with one attached hydrogen (secondary N) is 1. The van der Waals surface area contributed by atoms with Crippen molar-refractivity contribution in [3.8, 4) is 11.5 Å². The molecule has 1 aliphatic heterocycles. The van der Waals surface area contributed by atoms with E-state index >= 15 is 0 Å². The van der Waals surface area contributed by atoms with Crippen molar-refractivity contribution in [1.29, 1.82) is 0 Å². The molecule has 0 saturated heterocycles. The zero-order valence-corrected chi connectivity index (χ0v) is 17.0. The number of hydrogen-bond donors (Lipinski definition) is 2. The first kappa shape index (κ1) is 20.5. The fraction of sp³-hybridized carbons (Fsp3) is 0.364. The number of rotatable bonds is 6. The highest BCUT2D eigenvalue weighted by molar-refractivity contribution is 6.07. The van der Waals surface area contributed by atoms with Crippen LogP contribution in [0.25, 0.3) is 0 Å². The lowest BCUT2D eigenvalue weighted by molar-refractivity contribution is -0.123. The van der Waals surface area contributed by atoms with Crippen LogP contribution in [0.5, 0.6) is 11.5 Å². The highest BCUT2D eigenvalue weighted by atomic mass is 16.5. The van der Waals surface area contributed by atoms with Gasteiger partial charge in [-0.3, -0.25) is 9.59 Å². The van der Waals surface area contributed by atoms with Crippen LogP contribution in [0.15, 0.2) is 36.4 Å². The van der Waals surface area contributed by atoms with E-state index in [1.165, 1.54) is 7.11 Å². The van der Waals surface area contributed by atoms with Crippen LogP contribution >= 0.6 is 0 Å². The number of hydrogen-bond acceptors (Lipinski definition) is 5. The van der Waals surface area contributed by atoms with Gasteiger partial charge in [0.2, 0.25) is 0 Å². The second-order valence-corrected chi connectivity index (χ2v) is 7.28. The zero-order chi connectivity index (χ0) is 21.0. The third kappa shape index (κ3) is 4.62. The number of methoxy groups -OCH3 is 1. The Morgan fingerprint density at radius 2 is 2.00 bits per heavy atom. The maximum atomic E-state index is 13.2. The Morgan fingerprint density at radius 1 is 1.21 bits per heavy atom. The van der Waals surface area contributed by atoms with Crippen molar-refractivity contribution in [2.45, 2.75) is 32.7 Å². The summed E-state index contributed by atoms with van der Waals surface area (Å²) in [4.78, 5) is 26.7. The van der Waals surface area contributed by atoms with Gasteiger partial charge in [0.1, 0.15) is 0 Å². The largest absolute Gasteiger partial charge is 0.493 e. The summed E-state index contributed by atoms with van der Waals surface area (Å²) in [6.45, 7) is 4.27. The van der Waals surface area contributed by atoms with Crippen LogP contribution in [0.1, 0.15) is 36.2 Å². The molecule has 7 heteroatoms. The summed E-state index contributed by atoms with van der Waals surface area (Å²) < 4.78 is 10.9. The lowest BCUT2D eigenvalue weighted by Gasteiger charge is -2.30. The molecule has 0 fully saturated rings. The number of anilines is 2. The van der Waals surface area contributed by atoms with Crippen LogP contribution in [-0.4, -0.2) is 38.1 Å². The van der Waals surface area contributed by atoms with E-state index in [1.54, 1.807) is 23.1 Å². The van der Waals surface area contributed by atoms with Crippen molar-refractivity contribution in [3.63, 3.8) is 0 Å². The van der Waals surface area contributed by atoms with E-state index in [0.717, 1.165) is 24.1 Å². The van der Waals surface area contributed by atoms with E-state index in [2.05, 4.69) is 5.32 Å². The molecule has 3 N–H and O–H groups in total. The van der Waals surface area contributed by atoms with Gasteiger partial charge in [0.05, 0.1) is 7.11 Å². The minimum atomic E-state index is -0.218. The molecule has 2 amide bonds. The molecule has 2 aromatic carbocycles. The normalized spacial score (nSPS) is 13.0. The quantitative estimate of drug-likeness (QED) is 0.731. The van der Waals surface area contributed by atoms with E-state index in [4.69, 9.17) is 15.2 Å². The first-order chi connectivity index (χ1) is 13.9. The second kappa shape index (κ2) is 8.86. The number of nitrogen functional groups attached to an aromatic ring is 1. The highest BCUT2D eigenvalue weighted by Gasteiger charge is 2.25. The van der Waals surface area contributed by atoms with Gasteiger partial charge in [-0.15, -0.1) is 0 Å². The van der Waals surface area contributed by atoms with Crippen LogP contribution in [0.4, 0.5) is 11.4 Å². The standard InChI is InChI=1S/C22H27N3O4/c1-14(2)24-21(26)13-29-19-10-9-15(12-20(19)28-3)22(27)25-11-5-6-16-17(23)7-4-8-18(16)25/h4,7-10,12,14H,5-6,11,13,23H2,1-3H3,(H,24,26). The summed E-state index contributed by atoms with van der Waals surface area (Å²) in [7, 11) is 1.50. The molecule has 0 unspecified atom stereocenters. The molecule has 0 aliphatic carbocycles. The van der Waals surface area contributed by atoms with Gasteiger partial charge >= 0.3 is 0 Å². The van der Waals surface area contributed by atoms with Crippen molar-refractivity contribution in [2.24, 2.45) is 0 Å². The van der Waals surface area contributed by atoms with Crippen molar-refractivity contribution in [3.05, 3.63) is 47.5 Å². The number of carbonyl (C=O) groups excluding carboxylic acids is 2. The van der Waals surface area contributed by atoms with E-state index < -0.39 is 0 Å². The lowest BCUT2D eigenvalue weighted by Crippen LogP contribution is -2.35. The summed E-state index contributed by atoms with van der Waals surface area (Å²) >= 11 is 0. The Balaban J connectivity index is 1.79. The van der Waals surface area contributed by atoms with Crippen LogP contribution in [0, 0.1) is 0 Å². The average molecular weight is 397 g/mol. The maximum Gasteiger partial charge on any atom is 0.258 e. The fourth-order valence-electron chi connectivity index (χ4n) is 3.45. The molecule has 1 heterocycles. The Hall–Kier alpha value is -3.22. The number of amides is 2. The molecule has 0 aromatic heterocycles. The van der Waals surface area contributed by atoms with Gasteiger partial charge in [-0.1, -0.05) is 6.07 Å². The number of carbonyl (C=O) groups is 2. The van der Waals surface area contributed by atoms with Crippen molar-refractivity contribution in [2.75, 3.05) is 30.9 Å². The Kier molecular flexibility index (Phi) is 6.26. The van der Waals surface area contributed by atoms with E-state index in [9.17, 15) is 9.59 Å². The number of nitrogens with zero attached hydrogens (tertiary/aromatic N) is 1. The average Bonchev–Trinajstić information content (AvgIpc) is 2.71. The monoisotopic (exact) mass is 397 g/mol. The third-order valence-corrected chi connectivity index (χ3v) is 4.75. The molecule has 3 rings (SSSR count). The molecule has 0 spiro atoms. The predicted octanol–water partition coefficient (Wildman–Crippen LogP) is 2.77. The fourth-order valence-corrected chi connectivity index (χ4v) is 3.45. The van der Waals surface area contributed by atoms with Gasteiger partial charge in [0.15, 0.2) is 18.1 Å². The number of ether oxygens (including phenoxy) is 2. The van der Waals surface area contributed by atoms with Crippen LogP contribution in [-0.2, 0) is 11.2 Å². The molecule has 29 heavy (non-hydrogen) atoms. The van der Waals surface area contributed by atoms with Crippen LogP contribution < -0.4 is 25.4 Å². The molecule has 7 nitrogen and oxygen atoms in total. The molecule has 0 saturated carbocycles. The van der Waals surface area contributed by atoms with Gasteiger partial charge in [-0.25, -0.2) is 0 Å². The molecule has 0 atom stereocenters. The van der Waals surface area contributed by atoms with Crippen LogP contribution in [0.3, 0.4) is 0 Å². The SMILES string of the molecule is COc1cc(C(=O)N2CCCc3c(N)cccc32)ccc1OCC(=O)NC(C)C. The topological polar surface area (TPSA) is 93.9 Å². The number of benzene rings is 2. The van der Waals surface area contributed by atoms with Crippen LogP contribution in [0.2, 0.25) is 0 Å². The minimum Gasteiger partial charge on any atom is -0.493 e. The lowest BCUT2D eigenvalue weighted by atomic mass is 9.99. The molecule has 0 radical (unpaired) electrons. The molecular formula is C22H27N3O4. The molecule has 2 aromatic rings. The summed E-state index contributed by atoms with van der Waals surface area (Å²) in [6, 6.07) is 10.6. The summed E-state index contributed by atoms with van der Waals surface area (Å²) in [6.07, 6.45) is 1.72. The smallest absolute Gasteiger partial charge is 0.258 e. The van der Waals surface area contributed by atoms with E-state index in [-0.39, 0.29) is 24.5 Å². The molecule has 1 aliphatic rings. The third-order valence-electron chi connectivity index (χ3n) is 4.75. The van der Waals surface area contributed by atoms with Gasteiger partial charge in [0.25, 0.3) is 11.8 Å². The van der Waals surface area contributed by atoms with Gasteiger partial charge in [-0.2, -0.15) is 0 Å². The number of nitrogens with two attached hydrogens (primary N) is 1. The first-order valence-electron chi connectivity index (χ1n) is 9.70. The van der Waals surface area contributed by atoms with Crippen molar-refractivity contribution in [1.82, 2.24) is 5.32 Å². The van der Waals surface area contributed by atoms with Gasteiger partial charge < -0.3 is 25.4 Å².